The van der Waals surface area contributed by atoms with Crippen LogP contribution in [0, 0.1) is 29.0 Å². The molecule has 4 heteroatoms. The molecule has 1 heterocycles. The Bertz CT molecular complexity index is 993. The summed E-state index contributed by atoms with van der Waals surface area (Å²) in [6.45, 7) is 0. The topological polar surface area (TPSA) is 62.7 Å². The molecular formula is C20H12FN3. The van der Waals surface area contributed by atoms with Crippen molar-refractivity contribution in [2.24, 2.45) is 0 Å². The van der Waals surface area contributed by atoms with Crippen LogP contribution in [0.3, 0.4) is 0 Å². The third-order valence-electron chi connectivity index (χ3n) is 3.48. The van der Waals surface area contributed by atoms with Gasteiger partial charge in [-0.3, -0.25) is 0 Å². The summed E-state index contributed by atoms with van der Waals surface area (Å²) in [4.78, 5) is 4.07. The molecule has 0 unspecified atom stereocenters. The van der Waals surface area contributed by atoms with Crippen LogP contribution in [0.5, 0.6) is 0 Å². The second kappa shape index (κ2) is 6.64. The summed E-state index contributed by atoms with van der Waals surface area (Å²) in [5.74, 6) is 5.81. The highest BCUT2D eigenvalue weighted by molar-refractivity contribution is 5.77. The number of nitrogens with zero attached hydrogens (tertiary/aromatic N) is 2. The third-order valence-corrected chi connectivity index (χ3v) is 3.48. The van der Waals surface area contributed by atoms with Gasteiger partial charge < -0.3 is 5.73 Å². The minimum Gasteiger partial charge on any atom is -0.383 e. The first-order valence-electron chi connectivity index (χ1n) is 7.20. The molecule has 0 fully saturated rings. The zero-order valence-corrected chi connectivity index (χ0v) is 12.6. The van der Waals surface area contributed by atoms with Gasteiger partial charge in [-0.1, -0.05) is 36.1 Å². The molecule has 0 radical (unpaired) electrons. The number of nitriles is 1. The lowest BCUT2D eigenvalue weighted by molar-refractivity contribution is 0.624. The third kappa shape index (κ3) is 3.09. The zero-order valence-electron chi connectivity index (χ0n) is 12.6. The molecule has 0 aliphatic carbocycles. The van der Waals surface area contributed by atoms with Crippen LogP contribution in [-0.4, -0.2) is 4.98 Å². The van der Waals surface area contributed by atoms with Crippen LogP contribution in [0.1, 0.15) is 16.7 Å². The van der Waals surface area contributed by atoms with Gasteiger partial charge in [-0.25, -0.2) is 9.37 Å². The SMILES string of the molecule is N#Cc1cc(-c2ccnc(N)c2C#Cc2ccccc2)ccc1F. The fraction of sp³-hybridized carbons (Fsp3) is 0. The summed E-state index contributed by atoms with van der Waals surface area (Å²) < 4.78 is 13.5. The van der Waals surface area contributed by atoms with Crippen LogP contribution in [0.25, 0.3) is 11.1 Å². The Morgan fingerprint density at radius 3 is 2.54 bits per heavy atom. The smallest absolute Gasteiger partial charge is 0.140 e. The van der Waals surface area contributed by atoms with E-state index < -0.39 is 5.82 Å². The Morgan fingerprint density at radius 2 is 1.79 bits per heavy atom. The van der Waals surface area contributed by atoms with Crippen LogP contribution >= 0.6 is 0 Å². The van der Waals surface area contributed by atoms with Crippen LogP contribution < -0.4 is 5.73 Å². The highest BCUT2D eigenvalue weighted by Crippen LogP contribution is 2.27. The summed E-state index contributed by atoms with van der Waals surface area (Å²) in [5, 5.41) is 9.01. The standard InChI is InChI=1S/C20H12FN3/c21-19-9-7-15(12-16(19)13-22)17-10-11-24-20(23)18(17)8-6-14-4-2-1-3-5-14/h1-5,7,9-12H,(H2,23,24). The maximum absolute atomic E-state index is 13.5. The van der Waals surface area contributed by atoms with Gasteiger partial charge >= 0.3 is 0 Å². The van der Waals surface area contributed by atoms with E-state index in [9.17, 15) is 4.39 Å². The Kier molecular flexibility index (Phi) is 4.23. The van der Waals surface area contributed by atoms with Crippen LogP contribution in [-0.2, 0) is 0 Å². The van der Waals surface area contributed by atoms with Gasteiger partial charge in [-0.2, -0.15) is 5.26 Å². The number of nitrogen functional groups attached to an aromatic ring is 1. The van der Waals surface area contributed by atoms with Gasteiger partial charge in [0.1, 0.15) is 17.7 Å². The van der Waals surface area contributed by atoms with Crippen molar-refractivity contribution >= 4 is 5.82 Å². The monoisotopic (exact) mass is 313 g/mol. The maximum atomic E-state index is 13.5. The van der Waals surface area contributed by atoms with Crippen LogP contribution in [0.2, 0.25) is 0 Å². The Morgan fingerprint density at radius 1 is 1.00 bits per heavy atom. The van der Waals surface area contributed by atoms with Crippen molar-refractivity contribution in [3.63, 3.8) is 0 Å². The van der Waals surface area contributed by atoms with E-state index in [1.807, 2.05) is 36.4 Å². The normalized spacial score (nSPS) is 9.67. The van der Waals surface area contributed by atoms with E-state index in [4.69, 9.17) is 11.0 Å². The van der Waals surface area contributed by atoms with E-state index in [0.29, 0.717) is 22.5 Å². The molecule has 0 spiro atoms. The number of anilines is 1. The van der Waals surface area contributed by atoms with Gasteiger partial charge in [-0.15, -0.1) is 0 Å². The molecule has 3 nitrogen and oxygen atoms in total. The van der Waals surface area contributed by atoms with Crippen molar-refractivity contribution in [2.75, 3.05) is 5.73 Å². The molecule has 2 aromatic carbocycles. The van der Waals surface area contributed by atoms with Gasteiger partial charge in [0.2, 0.25) is 0 Å². The van der Waals surface area contributed by atoms with Crippen molar-refractivity contribution in [2.45, 2.75) is 0 Å². The zero-order chi connectivity index (χ0) is 16.9. The molecule has 1 aromatic heterocycles. The first-order valence-corrected chi connectivity index (χ1v) is 7.20. The Hall–Kier alpha value is -3.63. The number of halogens is 1. The number of hydrogen-bond acceptors (Lipinski definition) is 3. The van der Waals surface area contributed by atoms with Crippen molar-refractivity contribution in [1.29, 1.82) is 5.26 Å². The molecule has 0 bridgehead atoms. The van der Waals surface area contributed by atoms with E-state index in [2.05, 4.69) is 16.8 Å². The van der Waals surface area contributed by atoms with Gasteiger partial charge in [0.25, 0.3) is 0 Å². The first kappa shape index (κ1) is 15.3. The highest BCUT2D eigenvalue weighted by Gasteiger charge is 2.10. The van der Waals surface area contributed by atoms with Crippen molar-refractivity contribution in [3.8, 4) is 29.0 Å². The van der Waals surface area contributed by atoms with Crippen molar-refractivity contribution in [3.05, 3.63) is 83.3 Å². The molecule has 0 saturated heterocycles. The van der Waals surface area contributed by atoms with Crippen LogP contribution in [0.15, 0.2) is 60.8 Å². The lowest BCUT2D eigenvalue weighted by Crippen LogP contribution is -1.97. The minimum absolute atomic E-state index is 0.0233. The molecule has 0 amide bonds. The number of aromatic nitrogens is 1. The Labute approximate surface area is 139 Å². The lowest BCUT2D eigenvalue weighted by Gasteiger charge is -2.07. The quantitative estimate of drug-likeness (QED) is 0.696. The summed E-state index contributed by atoms with van der Waals surface area (Å²) in [5.41, 5.74) is 8.73. The fourth-order valence-electron chi connectivity index (χ4n) is 2.28. The van der Waals surface area contributed by atoms with E-state index >= 15 is 0 Å². The molecule has 2 N–H and O–H groups in total. The van der Waals surface area contributed by atoms with Gasteiger partial charge in [0, 0.05) is 17.3 Å². The molecule has 0 aliphatic heterocycles. The molecule has 3 rings (SSSR count). The second-order valence-corrected chi connectivity index (χ2v) is 5.04. The van der Waals surface area contributed by atoms with Crippen LogP contribution in [0.4, 0.5) is 10.2 Å². The average molecular weight is 313 g/mol. The highest BCUT2D eigenvalue weighted by atomic mass is 19.1. The summed E-state index contributed by atoms with van der Waals surface area (Å²) in [6.07, 6.45) is 1.56. The van der Waals surface area contributed by atoms with E-state index in [1.54, 1.807) is 18.3 Å². The number of nitrogens with two attached hydrogens (primary N) is 1. The molecular weight excluding hydrogens is 301 g/mol. The number of pyridine rings is 1. The van der Waals surface area contributed by atoms with Gasteiger partial charge in [0.15, 0.2) is 0 Å². The molecule has 24 heavy (non-hydrogen) atoms. The molecule has 3 aromatic rings. The summed E-state index contributed by atoms with van der Waals surface area (Å²) in [6, 6.07) is 17.4. The largest absolute Gasteiger partial charge is 0.383 e. The van der Waals surface area contributed by atoms with Gasteiger partial charge in [-0.05, 0) is 35.9 Å². The average Bonchev–Trinajstić information content (AvgIpc) is 2.62. The predicted octanol–water partition coefficient (Wildman–Crippen LogP) is 3.74. The van der Waals surface area contributed by atoms with Crippen molar-refractivity contribution < 1.29 is 4.39 Å². The molecule has 114 valence electrons. The number of rotatable bonds is 1. The molecule has 0 saturated carbocycles. The van der Waals surface area contributed by atoms with E-state index in [1.165, 1.54) is 12.1 Å². The molecule has 0 aliphatic rings. The predicted molar refractivity (Wildman–Crippen MR) is 91.2 cm³/mol. The van der Waals surface area contributed by atoms with Crippen molar-refractivity contribution in [1.82, 2.24) is 4.98 Å². The lowest BCUT2D eigenvalue weighted by atomic mass is 9.99. The first-order chi connectivity index (χ1) is 11.7. The maximum Gasteiger partial charge on any atom is 0.140 e. The minimum atomic E-state index is -0.555. The summed E-state index contributed by atoms with van der Waals surface area (Å²) >= 11 is 0. The number of hydrogen-bond donors (Lipinski definition) is 1. The summed E-state index contributed by atoms with van der Waals surface area (Å²) in [7, 11) is 0. The van der Waals surface area contributed by atoms with E-state index in [-0.39, 0.29) is 5.56 Å². The van der Waals surface area contributed by atoms with Gasteiger partial charge in [0.05, 0.1) is 11.1 Å². The molecule has 0 atom stereocenters. The fourth-order valence-corrected chi connectivity index (χ4v) is 2.28. The van der Waals surface area contributed by atoms with E-state index in [0.717, 1.165) is 5.56 Å². The second-order valence-electron chi connectivity index (χ2n) is 5.04. The Balaban J connectivity index is 2.13. The number of benzene rings is 2.